The predicted octanol–water partition coefficient (Wildman–Crippen LogP) is 3.16. The maximum atomic E-state index is 5.67. The zero-order chi connectivity index (χ0) is 10.1. The van der Waals surface area contributed by atoms with Gasteiger partial charge < -0.3 is 10.3 Å². The van der Waals surface area contributed by atoms with Crippen molar-refractivity contribution < 1.29 is 4.52 Å². The molecule has 0 amide bonds. The molecule has 2 rings (SSSR count). The van der Waals surface area contributed by atoms with Crippen LogP contribution in [0.4, 0.5) is 5.82 Å². The van der Waals surface area contributed by atoms with Gasteiger partial charge in [0.1, 0.15) is 0 Å². The summed E-state index contributed by atoms with van der Waals surface area (Å²) in [5.41, 5.74) is 5.67. The Morgan fingerprint density at radius 2 is 2.29 bits per heavy atom. The molecule has 1 aromatic heterocycles. The molecular weight excluding hydrogens is 291 g/mol. The van der Waals surface area contributed by atoms with Crippen LogP contribution in [0.3, 0.4) is 0 Å². The molecule has 0 saturated heterocycles. The first-order valence-corrected chi connectivity index (χ1v) is 6.17. The third-order valence-electron chi connectivity index (χ3n) is 2.99. The Bertz CT molecular complexity index is 324. The van der Waals surface area contributed by atoms with Crippen molar-refractivity contribution in [3.8, 4) is 0 Å². The standard InChI is InChI=1S/C10H15IN2O/c1-6-3-2-4-7(5-6)9-8(11)10(12)13-14-9/h6-7H,2-5H2,1H3,(H2,12,13). The van der Waals surface area contributed by atoms with Crippen molar-refractivity contribution in [3.05, 3.63) is 9.33 Å². The van der Waals surface area contributed by atoms with Crippen molar-refractivity contribution in [2.75, 3.05) is 5.73 Å². The summed E-state index contributed by atoms with van der Waals surface area (Å²) >= 11 is 2.23. The topological polar surface area (TPSA) is 52.0 Å². The molecule has 1 aliphatic carbocycles. The van der Waals surface area contributed by atoms with Crippen molar-refractivity contribution >= 4 is 28.4 Å². The number of anilines is 1. The lowest BCUT2D eigenvalue weighted by Gasteiger charge is -2.24. The number of rotatable bonds is 1. The molecule has 2 N–H and O–H groups in total. The first-order chi connectivity index (χ1) is 6.68. The zero-order valence-corrected chi connectivity index (χ0v) is 10.5. The van der Waals surface area contributed by atoms with Gasteiger partial charge in [-0.15, -0.1) is 0 Å². The first-order valence-electron chi connectivity index (χ1n) is 5.09. The molecule has 0 radical (unpaired) electrons. The quantitative estimate of drug-likeness (QED) is 0.811. The first kappa shape index (κ1) is 10.3. The van der Waals surface area contributed by atoms with E-state index in [4.69, 9.17) is 10.3 Å². The molecule has 0 aliphatic heterocycles. The van der Waals surface area contributed by atoms with Crippen LogP contribution in [-0.4, -0.2) is 5.16 Å². The van der Waals surface area contributed by atoms with E-state index < -0.39 is 0 Å². The Labute approximate surface area is 97.5 Å². The van der Waals surface area contributed by atoms with Gasteiger partial charge in [0.25, 0.3) is 0 Å². The fourth-order valence-corrected chi connectivity index (χ4v) is 2.87. The van der Waals surface area contributed by atoms with Crippen LogP contribution in [0.5, 0.6) is 0 Å². The second-order valence-corrected chi connectivity index (χ2v) is 5.29. The molecule has 1 fully saturated rings. The van der Waals surface area contributed by atoms with E-state index in [1.807, 2.05) is 0 Å². The van der Waals surface area contributed by atoms with Crippen LogP contribution in [0, 0.1) is 9.49 Å². The van der Waals surface area contributed by atoms with Gasteiger partial charge in [-0.2, -0.15) is 0 Å². The lowest BCUT2D eigenvalue weighted by Crippen LogP contribution is -2.11. The molecule has 78 valence electrons. The molecule has 2 unspecified atom stereocenters. The third kappa shape index (κ3) is 1.89. The highest BCUT2D eigenvalue weighted by Crippen LogP contribution is 2.38. The minimum atomic E-state index is 0.537. The van der Waals surface area contributed by atoms with E-state index in [1.165, 1.54) is 25.7 Å². The van der Waals surface area contributed by atoms with E-state index in [-0.39, 0.29) is 0 Å². The molecule has 0 aromatic carbocycles. The summed E-state index contributed by atoms with van der Waals surface area (Å²) < 4.78 is 6.32. The summed E-state index contributed by atoms with van der Waals surface area (Å²) in [5.74, 6) is 2.89. The summed E-state index contributed by atoms with van der Waals surface area (Å²) in [6.45, 7) is 2.30. The van der Waals surface area contributed by atoms with Crippen LogP contribution in [0.15, 0.2) is 4.52 Å². The molecule has 1 saturated carbocycles. The molecule has 0 bridgehead atoms. The number of hydrogen-bond acceptors (Lipinski definition) is 3. The van der Waals surface area contributed by atoms with Crippen LogP contribution in [0.2, 0.25) is 0 Å². The lowest BCUT2D eigenvalue weighted by molar-refractivity contribution is 0.282. The minimum absolute atomic E-state index is 0.537. The fraction of sp³-hybridized carbons (Fsp3) is 0.700. The number of nitrogens with two attached hydrogens (primary N) is 1. The molecule has 1 heterocycles. The summed E-state index contributed by atoms with van der Waals surface area (Å²) in [6.07, 6.45) is 5.07. The van der Waals surface area contributed by atoms with Gasteiger partial charge in [-0.3, -0.25) is 0 Å². The summed E-state index contributed by atoms with van der Waals surface area (Å²) in [5, 5.41) is 3.81. The van der Waals surface area contributed by atoms with Crippen molar-refractivity contribution in [3.63, 3.8) is 0 Å². The van der Waals surface area contributed by atoms with Gasteiger partial charge >= 0.3 is 0 Å². The maximum Gasteiger partial charge on any atom is 0.180 e. The van der Waals surface area contributed by atoms with Crippen molar-refractivity contribution in [1.82, 2.24) is 5.16 Å². The van der Waals surface area contributed by atoms with E-state index in [0.717, 1.165) is 15.2 Å². The maximum absolute atomic E-state index is 5.67. The molecular formula is C10H15IN2O. The smallest absolute Gasteiger partial charge is 0.180 e. The Morgan fingerprint density at radius 1 is 1.50 bits per heavy atom. The normalized spacial score (nSPS) is 27.9. The van der Waals surface area contributed by atoms with Gasteiger partial charge in [0.2, 0.25) is 0 Å². The van der Waals surface area contributed by atoms with Crippen molar-refractivity contribution in [1.29, 1.82) is 0 Å². The number of nitrogens with zero attached hydrogens (tertiary/aromatic N) is 1. The van der Waals surface area contributed by atoms with Gasteiger partial charge in [0.15, 0.2) is 11.6 Å². The molecule has 2 atom stereocenters. The predicted molar refractivity (Wildman–Crippen MR) is 64.0 cm³/mol. The van der Waals surface area contributed by atoms with Gasteiger partial charge in [-0.25, -0.2) is 0 Å². The van der Waals surface area contributed by atoms with Gasteiger partial charge in [-0.05, 0) is 41.4 Å². The second-order valence-electron chi connectivity index (χ2n) is 4.21. The highest BCUT2D eigenvalue weighted by Gasteiger charge is 2.26. The largest absolute Gasteiger partial charge is 0.380 e. The zero-order valence-electron chi connectivity index (χ0n) is 8.29. The highest BCUT2D eigenvalue weighted by atomic mass is 127. The van der Waals surface area contributed by atoms with Crippen molar-refractivity contribution in [2.24, 2.45) is 5.92 Å². The molecule has 1 aliphatic rings. The number of halogens is 1. The van der Waals surface area contributed by atoms with E-state index in [1.54, 1.807) is 0 Å². The van der Waals surface area contributed by atoms with E-state index in [9.17, 15) is 0 Å². The number of aromatic nitrogens is 1. The summed E-state index contributed by atoms with van der Waals surface area (Å²) in [7, 11) is 0. The number of hydrogen-bond donors (Lipinski definition) is 1. The average molecular weight is 306 g/mol. The van der Waals surface area contributed by atoms with Crippen LogP contribution < -0.4 is 5.73 Å². The monoisotopic (exact) mass is 306 g/mol. The number of nitrogen functional groups attached to an aromatic ring is 1. The Morgan fingerprint density at radius 3 is 2.86 bits per heavy atom. The minimum Gasteiger partial charge on any atom is -0.380 e. The van der Waals surface area contributed by atoms with Crippen LogP contribution >= 0.6 is 22.6 Å². The summed E-state index contributed by atoms with van der Waals surface area (Å²) in [4.78, 5) is 0. The van der Waals surface area contributed by atoms with Crippen LogP contribution in [0.1, 0.15) is 44.3 Å². The third-order valence-corrected chi connectivity index (χ3v) is 4.07. The van der Waals surface area contributed by atoms with Gasteiger partial charge in [0.05, 0.1) is 3.57 Å². The molecule has 1 aromatic rings. The van der Waals surface area contributed by atoms with E-state index in [0.29, 0.717) is 11.7 Å². The van der Waals surface area contributed by atoms with Crippen LogP contribution in [0.25, 0.3) is 0 Å². The molecule has 3 nitrogen and oxygen atoms in total. The molecule has 4 heteroatoms. The van der Waals surface area contributed by atoms with E-state index >= 15 is 0 Å². The van der Waals surface area contributed by atoms with Gasteiger partial charge in [-0.1, -0.05) is 24.9 Å². The Kier molecular flexibility index (Phi) is 2.99. The molecule has 0 spiro atoms. The Hall–Kier alpha value is -0.260. The Balaban J connectivity index is 2.18. The van der Waals surface area contributed by atoms with E-state index in [2.05, 4.69) is 34.7 Å². The average Bonchev–Trinajstić information content (AvgIpc) is 2.48. The van der Waals surface area contributed by atoms with Crippen LogP contribution in [-0.2, 0) is 0 Å². The van der Waals surface area contributed by atoms with Gasteiger partial charge in [0, 0.05) is 5.92 Å². The fourth-order valence-electron chi connectivity index (χ4n) is 2.23. The summed E-state index contributed by atoms with van der Waals surface area (Å²) in [6, 6.07) is 0. The highest BCUT2D eigenvalue weighted by molar-refractivity contribution is 14.1. The molecule has 14 heavy (non-hydrogen) atoms. The van der Waals surface area contributed by atoms with Crippen molar-refractivity contribution in [2.45, 2.75) is 38.5 Å². The second kappa shape index (κ2) is 4.08. The SMILES string of the molecule is CC1CCCC(c2onc(N)c2I)C1. The lowest BCUT2D eigenvalue weighted by atomic mass is 9.81.